The normalized spacial score (nSPS) is 10.3. The average molecular weight is 227 g/mol. The number of nitrogens with zero attached hydrogens (tertiary/aromatic N) is 1. The Morgan fingerprint density at radius 1 is 1.60 bits per heavy atom. The zero-order valence-electron chi connectivity index (χ0n) is 9.17. The summed E-state index contributed by atoms with van der Waals surface area (Å²) in [7, 11) is 0. The van der Waals surface area contributed by atoms with Crippen LogP contribution in [0.3, 0.4) is 0 Å². The zero-order valence-corrected chi connectivity index (χ0v) is 9.99. The molecule has 0 amide bonds. The minimum atomic E-state index is 0.610. The van der Waals surface area contributed by atoms with Crippen molar-refractivity contribution in [3.05, 3.63) is 16.5 Å². The Hall–Kier alpha value is -0.940. The first-order valence-corrected chi connectivity index (χ1v) is 5.52. The lowest BCUT2D eigenvalue weighted by atomic mass is 10.4. The van der Waals surface area contributed by atoms with E-state index in [1.54, 1.807) is 0 Å². The molecule has 0 aliphatic rings. The molecule has 1 aromatic rings. The van der Waals surface area contributed by atoms with Gasteiger partial charge in [0.15, 0.2) is 0 Å². The number of aromatic amines is 1. The van der Waals surface area contributed by atoms with Gasteiger partial charge >= 0.3 is 0 Å². The van der Waals surface area contributed by atoms with E-state index in [1.807, 2.05) is 19.9 Å². The van der Waals surface area contributed by atoms with E-state index in [9.17, 15) is 0 Å². The molecule has 0 unspecified atom stereocenters. The predicted octanol–water partition coefficient (Wildman–Crippen LogP) is 2.29. The smallest absolute Gasteiger partial charge is 0.131 e. The number of H-pyrrole nitrogens is 1. The summed E-state index contributed by atoms with van der Waals surface area (Å²) < 4.78 is 5.85. The van der Waals surface area contributed by atoms with Crippen molar-refractivity contribution in [1.29, 1.82) is 0 Å². The Morgan fingerprint density at radius 2 is 2.40 bits per heavy atom. The molecule has 15 heavy (non-hydrogen) atoms. The summed E-state index contributed by atoms with van der Waals surface area (Å²) in [6.45, 7) is 6.32. The Morgan fingerprint density at radius 3 is 3.07 bits per heavy atom. The van der Waals surface area contributed by atoms with E-state index in [0.29, 0.717) is 4.64 Å². The number of ether oxygens (including phenoxy) is 1. The highest BCUT2D eigenvalue weighted by molar-refractivity contribution is 7.71. The highest BCUT2D eigenvalue weighted by Crippen LogP contribution is 2.02. The lowest BCUT2D eigenvalue weighted by Crippen LogP contribution is -2.07. The largest absolute Gasteiger partial charge is 0.382 e. The number of hydrogen-bond acceptors (Lipinski definition) is 4. The van der Waals surface area contributed by atoms with E-state index in [2.05, 4.69) is 15.3 Å². The van der Waals surface area contributed by atoms with Crippen LogP contribution < -0.4 is 5.32 Å². The van der Waals surface area contributed by atoms with Gasteiger partial charge in [0.2, 0.25) is 0 Å². The van der Waals surface area contributed by atoms with Gasteiger partial charge in [0.1, 0.15) is 16.3 Å². The van der Waals surface area contributed by atoms with E-state index in [1.165, 1.54) is 0 Å². The minimum Gasteiger partial charge on any atom is -0.382 e. The molecular formula is C10H17N3OS. The van der Waals surface area contributed by atoms with Crippen molar-refractivity contribution in [1.82, 2.24) is 9.97 Å². The van der Waals surface area contributed by atoms with Crippen LogP contribution in [-0.4, -0.2) is 29.7 Å². The van der Waals surface area contributed by atoms with Crippen LogP contribution in [0.1, 0.15) is 19.2 Å². The molecule has 0 aliphatic heterocycles. The van der Waals surface area contributed by atoms with Gasteiger partial charge in [-0.25, -0.2) is 4.98 Å². The maximum absolute atomic E-state index is 5.24. The second kappa shape index (κ2) is 6.53. The van der Waals surface area contributed by atoms with Crippen LogP contribution in [0, 0.1) is 11.6 Å². The second-order valence-electron chi connectivity index (χ2n) is 3.20. The Bertz CT molecular complexity index is 351. The first-order chi connectivity index (χ1) is 7.22. The zero-order chi connectivity index (χ0) is 11.1. The number of rotatable bonds is 6. The SMILES string of the molecule is CCOCCCNc1cc(=S)nc(C)[nH]1. The lowest BCUT2D eigenvalue weighted by molar-refractivity contribution is 0.147. The number of hydrogen-bond donors (Lipinski definition) is 2. The van der Waals surface area contributed by atoms with Gasteiger partial charge in [-0.15, -0.1) is 0 Å². The van der Waals surface area contributed by atoms with Crippen LogP contribution in [0.25, 0.3) is 0 Å². The molecule has 0 saturated heterocycles. The molecule has 0 bridgehead atoms. The van der Waals surface area contributed by atoms with Crippen LogP contribution in [0.2, 0.25) is 0 Å². The molecule has 0 saturated carbocycles. The second-order valence-corrected chi connectivity index (χ2v) is 3.61. The molecule has 0 radical (unpaired) electrons. The molecule has 0 aliphatic carbocycles. The fourth-order valence-corrected chi connectivity index (χ4v) is 1.47. The summed E-state index contributed by atoms with van der Waals surface area (Å²) >= 11 is 5.01. The van der Waals surface area contributed by atoms with Gasteiger partial charge in [0, 0.05) is 25.8 Å². The molecule has 84 valence electrons. The summed E-state index contributed by atoms with van der Waals surface area (Å²) in [4.78, 5) is 7.20. The summed E-state index contributed by atoms with van der Waals surface area (Å²) in [5, 5.41) is 3.24. The maximum atomic E-state index is 5.24. The van der Waals surface area contributed by atoms with Gasteiger partial charge < -0.3 is 15.0 Å². The minimum absolute atomic E-state index is 0.610. The van der Waals surface area contributed by atoms with Crippen molar-refractivity contribution >= 4 is 18.0 Å². The Kier molecular flexibility index (Phi) is 5.28. The fourth-order valence-electron chi connectivity index (χ4n) is 1.22. The maximum Gasteiger partial charge on any atom is 0.131 e. The third-order valence-corrected chi connectivity index (χ3v) is 2.06. The number of aromatic nitrogens is 2. The Balaban J connectivity index is 2.34. The third kappa shape index (κ3) is 4.90. The summed E-state index contributed by atoms with van der Waals surface area (Å²) in [6, 6.07) is 1.82. The molecule has 1 rings (SSSR count). The van der Waals surface area contributed by atoms with E-state index in [4.69, 9.17) is 17.0 Å². The van der Waals surface area contributed by atoms with E-state index in [-0.39, 0.29) is 0 Å². The lowest BCUT2D eigenvalue weighted by Gasteiger charge is -2.06. The van der Waals surface area contributed by atoms with E-state index < -0.39 is 0 Å². The molecule has 2 N–H and O–H groups in total. The number of nitrogens with one attached hydrogen (secondary N) is 2. The monoisotopic (exact) mass is 227 g/mol. The molecule has 0 aromatic carbocycles. The van der Waals surface area contributed by atoms with Crippen molar-refractivity contribution in [2.75, 3.05) is 25.1 Å². The van der Waals surface area contributed by atoms with Crippen molar-refractivity contribution in [3.8, 4) is 0 Å². The molecule has 0 atom stereocenters. The van der Waals surface area contributed by atoms with Gasteiger partial charge in [-0.05, 0) is 20.3 Å². The van der Waals surface area contributed by atoms with Crippen LogP contribution in [-0.2, 0) is 4.74 Å². The van der Waals surface area contributed by atoms with Crippen LogP contribution in [0.15, 0.2) is 6.07 Å². The van der Waals surface area contributed by atoms with Crippen LogP contribution >= 0.6 is 12.2 Å². The molecule has 4 nitrogen and oxygen atoms in total. The van der Waals surface area contributed by atoms with Gasteiger partial charge in [0.25, 0.3) is 0 Å². The third-order valence-electron chi connectivity index (χ3n) is 1.85. The van der Waals surface area contributed by atoms with Gasteiger partial charge in [-0.3, -0.25) is 0 Å². The predicted molar refractivity (Wildman–Crippen MR) is 63.8 cm³/mol. The number of anilines is 1. The van der Waals surface area contributed by atoms with Crippen molar-refractivity contribution in [2.45, 2.75) is 20.3 Å². The van der Waals surface area contributed by atoms with Crippen LogP contribution in [0.4, 0.5) is 5.82 Å². The van der Waals surface area contributed by atoms with Gasteiger partial charge in [-0.2, -0.15) is 0 Å². The summed E-state index contributed by atoms with van der Waals surface area (Å²) in [5.74, 6) is 1.75. The molecule has 5 heteroatoms. The van der Waals surface area contributed by atoms with Crippen molar-refractivity contribution in [2.24, 2.45) is 0 Å². The highest BCUT2D eigenvalue weighted by Gasteiger charge is 1.94. The van der Waals surface area contributed by atoms with E-state index >= 15 is 0 Å². The molecular weight excluding hydrogens is 210 g/mol. The first kappa shape index (κ1) is 12.1. The quantitative estimate of drug-likeness (QED) is 0.578. The fraction of sp³-hybridized carbons (Fsp3) is 0.600. The Labute approximate surface area is 95.1 Å². The standard InChI is InChI=1S/C10H17N3OS/c1-3-14-6-4-5-11-9-7-10(15)13-8(2)12-9/h7H,3-6H2,1-2H3,(H2,11,12,13,15). The first-order valence-electron chi connectivity index (χ1n) is 5.12. The van der Waals surface area contributed by atoms with Gasteiger partial charge in [-0.1, -0.05) is 12.2 Å². The van der Waals surface area contributed by atoms with Crippen molar-refractivity contribution in [3.63, 3.8) is 0 Å². The van der Waals surface area contributed by atoms with E-state index in [0.717, 1.165) is 37.8 Å². The van der Waals surface area contributed by atoms with Gasteiger partial charge in [0.05, 0.1) is 0 Å². The average Bonchev–Trinajstić information content (AvgIpc) is 2.16. The highest BCUT2D eigenvalue weighted by atomic mass is 32.1. The summed E-state index contributed by atoms with van der Waals surface area (Å²) in [5.41, 5.74) is 0. The molecule has 0 spiro atoms. The molecule has 0 fully saturated rings. The van der Waals surface area contributed by atoms with Crippen LogP contribution in [0.5, 0.6) is 0 Å². The topological polar surface area (TPSA) is 49.9 Å². The summed E-state index contributed by atoms with van der Waals surface area (Å²) in [6.07, 6.45) is 0.982. The number of aryl methyl sites for hydroxylation is 1. The molecule has 1 heterocycles. The van der Waals surface area contributed by atoms with Crippen molar-refractivity contribution < 1.29 is 4.74 Å². The molecule has 1 aromatic heterocycles.